The van der Waals surface area contributed by atoms with Crippen LogP contribution in [0.4, 0.5) is 5.69 Å². The summed E-state index contributed by atoms with van der Waals surface area (Å²) in [6.07, 6.45) is 0. The van der Waals surface area contributed by atoms with E-state index in [4.69, 9.17) is 4.74 Å². The van der Waals surface area contributed by atoms with Gasteiger partial charge >= 0.3 is 0 Å². The highest BCUT2D eigenvalue weighted by Gasteiger charge is 2.17. The van der Waals surface area contributed by atoms with Gasteiger partial charge in [-0.1, -0.05) is 36.4 Å². The van der Waals surface area contributed by atoms with Crippen LogP contribution in [0.2, 0.25) is 0 Å². The summed E-state index contributed by atoms with van der Waals surface area (Å²) in [6.45, 7) is 0.467. The molecule has 1 aliphatic rings. The van der Waals surface area contributed by atoms with E-state index in [2.05, 4.69) is 5.10 Å². The lowest BCUT2D eigenvalue weighted by Gasteiger charge is -2.09. The van der Waals surface area contributed by atoms with E-state index in [0.29, 0.717) is 12.6 Å². The van der Waals surface area contributed by atoms with Crippen molar-refractivity contribution in [2.75, 3.05) is 11.7 Å². The highest BCUT2D eigenvalue weighted by atomic mass is 16.5. The average Bonchev–Trinajstić information content (AvgIpc) is 2.90. The summed E-state index contributed by atoms with van der Waals surface area (Å²) in [5.41, 5.74) is 2.05. The van der Waals surface area contributed by atoms with Gasteiger partial charge in [0.05, 0.1) is 5.69 Å². The van der Waals surface area contributed by atoms with Crippen molar-refractivity contribution in [3.05, 3.63) is 66.2 Å². The Morgan fingerprint density at radius 2 is 1.53 bits per heavy atom. The van der Waals surface area contributed by atoms with E-state index < -0.39 is 0 Å². The Labute approximate surface area is 100.0 Å². The van der Waals surface area contributed by atoms with Crippen LogP contribution in [0.5, 0.6) is 0 Å². The van der Waals surface area contributed by atoms with E-state index >= 15 is 0 Å². The van der Waals surface area contributed by atoms with Crippen molar-refractivity contribution in [3.8, 4) is 0 Å². The van der Waals surface area contributed by atoms with Gasteiger partial charge in [0.25, 0.3) is 0 Å². The molecule has 0 saturated heterocycles. The number of hydrogen-bond acceptors (Lipinski definition) is 3. The van der Waals surface area contributed by atoms with Crippen LogP contribution in [0, 0.1) is 0 Å². The number of anilines is 1. The summed E-state index contributed by atoms with van der Waals surface area (Å²) in [5, 5.41) is 6.31. The molecule has 0 atom stereocenters. The van der Waals surface area contributed by atoms with E-state index in [1.54, 1.807) is 0 Å². The molecule has 0 bridgehead atoms. The molecule has 3 rings (SSSR count). The van der Waals surface area contributed by atoms with Crippen LogP contribution in [0.3, 0.4) is 0 Å². The molecule has 3 nitrogen and oxygen atoms in total. The minimum atomic E-state index is 0.467. The minimum absolute atomic E-state index is 0.467. The lowest BCUT2D eigenvalue weighted by atomic mass is 10.2. The van der Waals surface area contributed by atoms with Crippen molar-refractivity contribution in [1.29, 1.82) is 0 Å². The van der Waals surface area contributed by atoms with E-state index in [-0.39, 0.29) is 0 Å². The third-order valence-electron chi connectivity index (χ3n) is 2.61. The Balaban J connectivity index is 1.87. The number of ether oxygens (including phenoxy) is 1. The van der Waals surface area contributed by atoms with Crippen molar-refractivity contribution >= 4 is 11.6 Å². The molecule has 3 heteroatoms. The largest absolute Gasteiger partial charge is 0.453 e. The zero-order valence-corrected chi connectivity index (χ0v) is 9.28. The highest BCUT2D eigenvalue weighted by Crippen LogP contribution is 2.19. The monoisotopic (exact) mass is 224 g/mol. The summed E-state index contributed by atoms with van der Waals surface area (Å²) >= 11 is 0. The number of benzene rings is 2. The number of hydrogen-bond donors (Lipinski definition) is 0. The Bertz CT molecular complexity index is 522. The number of hydrazone groups is 1. The molecule has 84 valence electrons. The molecule has 1 heterocycles. The fourth-order valence-electron chi connectivity index (χ4n) is 1.74. The van der Waals surface area contributed by atoms with Crippen molar-refractivity contribution in [2.45, 2.75) is 0 Å². The smallest absolute Gasteiger partial charge is 0.240 e. The van der Waals surface area contributed by atoms with Crippen molar-refractivity contribution < 1.29 is 4.74 Å². The van der Waals surface area contributed by atoms with Crippen LogP contribution >= 0.6 is 0 Å². The molecular formula is C14H12N2O. The molecule has 0 saturated carbocycles. The number of para-hydroxylation sites is 1. The Morgan fingerprint density at radius 1 is 0.882 bits per heavy atom. The standard InChI is InChI=1S/C14H12N2O/c1-3-7-12(8-4-1)14-15-16(11-17-14)13-9-5-2-6-10-13/h1-10H,11H2. The maximum Gasteiger partial charge on any atom is 0.240 e. The van der Waals surface area contributed by atoms with Gasteiger partial charge in [-0.25, -0.2) is 5.01 Å². The molecular weight excluding hydrogens is 212 g/mol. The van der Waals surface area contributed by atoms with Crippen LogP contribution in [0.15, 0.2) is 65.8 Å². The molecule has 0 spiro atoms. The Hall–Kier alpha value is -2.29. The minimum Gasteiger partial charge on any atom is -0.453 e. The summed E-state index contributed by atoms with van der Waals surface area (Å²) in [7, 11) is 0. The van der Waals surface area contributed by atoms with E-state index in [0.717, 1.165) is 11.3 Å². The average molecular weight is 224 g/mol. The zero-order valence-electron chi connectivity index (χ0n) is 9.28. The summed E-state index contributed by atoms with van der Waals surface area (Å²) < 4.78 is 5.58. The van der Waals surface area contributed by atoms with Gasteiger partial charge < -0.3 is 4.74 Å². The van der Waals surface area contributed by atoms with Gasteiger partial charge in [0.15, 0.2) is 6.73 Å². The molecule has 2 aromatic carbocycles. The molecule has 0 aliphatic carbocycles. The molecule has 17 heavy (non-hydrogen) atoms. The van der Waals surface area contributed by atoms with Gasteiger partial charge in [-0.05, 0) is 24.3 Å². The first kappa shape index (κ1) is 9.90. The highest BCUT2D eigenvalue weighted by molar-refractivity contribution is 5.95. The fourth-order valence-corrected chi connectivity index (χ4v) is 1.74. The number of nitrogens with zero attached hydrogens (tertiary/aromatic N) is 2. The van der Waals surface area contributed by atoms with Crippen LogP contribution in [-0.2, 0) is 4.74 Å². The van der Waals surface area contributed by atoms with E-state index in [1.807, 2.05) is 65.7 Å². The lowest BCUT2D eigenvalue weighted by Crippen LogP contribution is -2.12. The first-order valence-electron chi connectivity index (χ1n) is 5.53. The lowest BCUT2D eigenvalue weighted by molar-refractivity contribution is 0.338. The van der Waals surface area contributed by atoms with E-state index in [1.165, 1.54) is 0 Å². The second kappa shape index (κ2) is 4.29. The first-order chi connectivity index (χ1) is 8.43. The van der Waals surface area contributed by atoms with Crippen molar-refractivity contribution in [3.63, 3.8) is 0 Å². The van der Waals surface area contributed by atoms with E-state index in [9.17, 15) is 0 Å². The molecule has 0 unspecified atom stereocenters. The zero-order chi connectivity index (χ0) is 11.5. The van der Waals surface area contributed by atoms with Crippen LogP contribution in [-0.4, -0.2) is 12.6 Å². The topological polar surface area (TPSA) is 24.8 Å². The Kier molecular flexibility index (Phi) is 2.50. The normalized spacial score (nSPS) is 14.4. The third kappa shape index (κ3) is 1.99. The fraction of sp³-hybridized carbons (Fsp3) is 0.0714. The third-order valence-corrected chi connectivity index (χ3v) is 2.61. The molecule has 0 radical (unpaired) electrons. The van der Waals surface area contributed by atoms with Gasteiger partial charge in [-0.3, -0.25) is 0 Å². The van der Waals surface area contributed by atoms with Gasteiger partial charge in [0.2, 0.25) is 5.90 Å². The SMILES string of the molecule is c1ccc(C2=NN(c3ccccc3)CO2)cc1. The summed E-state index contributed by atoms with van der Waals surface area (Å²) in [4.78, 5) is 0. The van der Waals surface area contributed by atoms with Crippen LogP contribution in [0.25, 0.3) is 0 Å². The molecule has 1 aliphatic heterocycles. The quantitative estimate of drug-likeness (QED) is 0.783. The maximum atomic E-state index is 5.58. The van der Waals surface area contributed by atoms with Crippen LogP contribution in [0.1, 0.15) is 5.56 Å². The van der Waals surface area contributed by atoms with Crippen LogP contribution < -0.4 is 5.01 Å². The number of rotatable bonds is 2. The van der Waals surface area contributed by atoms with Gasteiger partial charge in [0.1, 0.15) is 0 Å². The summed E-state index contributed by atoms with van der Waals surface area (Å²) in [6, 6.07) is 19.9. The predicted octanol–water partition coefficient (Wildman–Crippen LogP) is 2.84. The van der Waals surface area contributed by atoms with Crippen molar-refractivity contribution in [2.24, 2.45) is 5.10 Å². The second-order valence-corrected chi connectivity index (χ2v) is 3.78. The van der Waals surface area contributed by atoms with Gasteiger partial charge in [-0.2, -0.15) is 0 Å². The Morgan fingerprint density at radius 3 is 2.24 bits per heavy atom. The van der Waals surface area contributed by atoms with Crippen molar-refractivity contribution in [1.82, 2.24) is 0 Å². The summed E-state index contributed by atoms with van der Waals surface area (Å²) in [5.74, 6) is 0.675. The molecule has 0 aromatic heterocycles. The van der Waals surface area contributed by atoms with Gasteiger partial charge in [-0.15, -0.1) is 5.10 Å². The predicted molar refractivity (Wildman–Crippen MR) is 67.9 cm³/mol. The maximum absolute atomic E-state index is 5.58. The van der Waals surface area contributed by atoms with Gasteiger partial charge in [0, 0.05) is 5.56 Å². The molecule has 0 fully saturated rings. The molecule has 2 aromatic rings. The second-order valence-electron chi connectivity index (χ2n) is 3.78. The molecule has 0 N–H and O–H groups in total. The first-order valence-corrected chi connectivity index (χ1v) is 5.53. The molecule has 0 amide bonds.